The lowest BCUT2D eigenvalue weighted by molar-refractivity contribution is -0.163. The SMILES string of the molecule is O=C(N[C@H]1CCCN(c2ccncc2F)C1)C12CC3CC(C1)C(O)C(C3)C2. The fourth-order valence-electron chi connectivity index (χ4n) is 6.55. The molecule has 5 aliphatic rings. The number of halogens is 1. The van der Waals surface area contributed by atoms with E-state index in [0.717, 1.165) is 51.5 Å². The molecule has 1 aliphatic heterocycles. The maximum absolute atomic E-state index is 14.1. The molecule has 2 unspecified atom stereocenters. The molecule has 0 radical (unpaired) electrons. The van der Waals surface area contributed by atoms with Crippen molar-refractivity contribution in [3.05, 3.63) is 24.3 Å². The largest absolute Gasteiger partial charge is 0.393 e. The number of carbonyl (C=O) groups excluding carboxylic acids is 1. The number of rotatable bonds is 3. The molecule has 146 valence electrons. The van der Waals surface area contributed by atoms with Gasteiger partial charge in [0.1, 0.15) is 0 Å². The van der Waals surface area contributed by atoms with Gasteiger partial charge in [-0.2, -0.15) is 0 Å². The molecule has 5 fully saturated rings. The highest BCUT2D eigenvalue weighted by atomic mass is 19.1. The summed E-state index contributed by atoms with van der Waals surface area (Å²) in [6.07, 6.45) is 9.35. The molecular formula is C21H28FN3O2. The molecule has 5 nitrogen and oxygen atoms in total. The second-order valence-corrected chi connectivity index (χ2v) is 9.33. The lowest BCUT2D eigenvalue weighted by Crippen LogP contribution is -2.60. The van der Waals surface area contributed by atoms with Crippen LogP contribution in [0.4, 0.5) is 10.1 Å². The maximum atomic E-state index is 14.1. The van der Waals surface area contributed by atoms with Crippen LogP contribution in [0.5, 0.6) is 0 Å². The van der Waals surface area contributed by atoms with Crippen LogP contribution in [0.3, 0.4) is 0 Å². The zero-order valence-electron chi connectivity index (χ0n) is 15.6. The highest BCUT2D eigenvalue weighted by Gasteiger charge is 2.58. The minimum absolute atomic E-state index is 0.0525. The lowest BCUT2D eigenvalue weighted by Gasteiger charge is -2.58. The van der Waals surface area contributed by atoms with Crippen molar-refractivity contribution in [1.82, 2.24) is 10.3 Å². The van der Waals surface area contributed by atoms with Gasteiger partial charge < -0.3 is 15.3 Å². The average molecular weight is 373 g/mol. The van der Waals surface area contributed by atoms with Gasteiger partial charge in [-0.3, -0.25) is 9.78 Å². The van der Waals surface area contributed by atoms with Gasteiger partial charge in [-0.1, -0.05) is 0 Å². The summed E-state index contributed by atoms with van der Waals surface area (Å²) in [6, 6.07) is 1.76. The summed E-state index contributed by atoms with van der Waals surface area (Å²) in [7, 11) is 0. The van der Waals surface area contributed by atoms with E-state index < -0.39 is 0 Å². The molecule has 0 spiro atoms. The summed E-state index contributed by atoms with van der Waals surface area (Å²) in [4.78, 5) is 19.1. The number of aliphatic hydroxyl groups is 1. The number of hydrogen-bond donors (Lipinski definition) is 2. The van der Waals surface area contributed by atoms with Gasteiger partial charge >= 0.3 is 0 Å². The highest BCUT2D eigenvalue weighted by Crippen LogP contribution is 2.60. The Kier molecular flexibility index (Phi) is 4.15. The van der Waals surface area contributed by atoms with Crippen LogP contribution < -0.4 is 10.2 Å². The third kappa shape index (κ3) is 2.93. The normalized spacial score (nSPS) is 40.2. The van der Waals surface area contributed by atoms with E-state index in [1.165, 1.54) is 6.20 Å². The van der Waals surface area contributed by atoms with Crippen LogP contribution in [-0.4, -0.2) is 41.2 Å². The van der Waals surface area contributed by atoms with Gasteiger partial charge in [0.15, 0.2) is 5.82 Å². The summed E-state index contributed by atoms with van der Waals surface area (Å²) in [5.74, 6) is 1.08. The predicted molar refractivity (Wildman–Crippen MR) is 99.6 cm³/mol. The van der Waals surface area contributed by atoms with E-state index in [2.05, 4.69) is 10.3 Å². The topological polar surface area (TPSA) is 65.5 Å². The Balaban J connectivity index is 1.28. The van der Waals surface area contributed by atoms with Gasteiger partial charge in [0.25, 0.3) is 0 Å². The van der Waals surface area contributed by atoms with E-state index in [9.17, 15) is 14.3 Å². The molecule has 0 aromatic carbocycles. The van der Waals surface area contributed by atoms with Crippen LogP contribution in [-0.2, 0) is 4.79 Å². The van der Waals surface area contributed by atoms with Crippen LogP contribution in [0.2, 0.25) is 0 Å². The lowest BCUT2D eigenvalue weighted by atomic mass is 9.48. The van der Waals surface area contributed by atoms with Crippen LogP contribution in [0.15, 0.2) is 18.5 Å². The molecule has 2 heterocycles. The Bertz CT molecular complexity index is 726. The number of hydrogen-bond acceptors (Lipinski definition) is 4. The van der Waals surface area contributed by atoms with E-state index in [0.29, 0.717) is 30.0 Å². The zero-order valence-corrected chi connectivity index (χ0v) is 15.6. The monoisotopic (exact) mass is 373 g/mol. The summed E-state index contributed by atoms with van der Waals surface area (Å²) >= 11 is 0. The highest BCUT2D eigenvalue weighted by molar-refractivity contribution is 5.83. The van der Waals surface area contributed by atoms with E-state index >= 15 is 0 Å². The molecule has 1 aromatic rings. The quantitative estimate of drug-likeness (QED) is 0.854. The van der Waals surface area contributed by atoms with E-state index in [1.807, 2.05) is 4.90 Å². The first kappa shape index (κ1) is 17.4. The average Bonchev–Trinajstić information content (AvgIpc) is 2.66. The van der Waals surface area contributed by atoms with Gasteiger partial charge in [-0.05, 0) is 68.8 Å². The molecule has 3 atom stereocenters. The first-order valence-corrected chi connectivity index (χ1v) is 10.4. The third-order valence-electron chi connectivity index (χ3n) is 7.55. The fraction of sp³-hybridized carbons (Fsp3) is 0.714. The van der Waals surface area contributed by atoms with Gasteiger partial charge in [0, 0.05) is 25.3 Å². The van der Waals surface area contributed by atoms with E-state index in [-0.39, 0.29) is 29.3 Å². The number of carbonyl (C=O) groups is 1. The van der Waals surface area contributed by atoms with Crippen LogP contribution >= 0.6 is 0 Å². The number of aliphatic hydroxyl groups excluding tert-OH is 1. The fourth-order valence-corrected chi connectivity index (χ4v) is 6.55. The third-order valence-corrected chi connectivity index (χ3v) is 7.55. The molecule has 4 saturated carbocycles. The minimum atomic E-state index is -0.306. The summed E-state index contributed by atoms with van der Waals surface area (Å²) < 4.78 is 14.1. The summed E-state index contributed by atoms with van der Waals surface area (Å²) in [5.41, 5.74) is 0.293. The standard InChI is InChI=1S/C21H28FN3O2/c22-17-11-23-4-3-18(17)25-5-1-2-16(12-25)24-20(27)21-8-13-6-14(9-21)19(26)15(7-13)10-21/h3-4,11,13-16,19,26H,1-2,5-10,12H2,(H,24,27)/t13?,14?,15?,16-,19?,21?/m0/s1. The number of aromatic nitrogens is 1. The number of piperidine rings is 1. The van der Waals surface area contributed by atoms with Gasteiger partial charge in [-0.25, -0.2) is 4.39 Å². The Hall–Kier alpha value is -1.69. The number of pyridine rings is 1. The van der Waals surface area contributed by atoms with Crippen molar-refractivity contribution in [3.63, 3.8) is 0 Å². The van der Waals surface area contributed by atoms with Gasteiger partial charge in [0.05, 0.1) is 23.4 Å². The van der Waals surface area contributed by atoms with Crippen molar-refractivity contribution in [2.45, 2.75) is 57.1 Å². The van der Waals surface area contributed by atoms with Crippen molar-refractivity contribution in [2.24, 2.45) is 23.2 Å². The van der Waals surface area contributed by atoms with Crippen molar-refractivity contribution in [3.8, 4) is 0 Å². The minimum Gasteiger partial charge on any atom is -0.393 e. The van der Waals surface area contributed by atoms with Gasteiger partial charge in [0.2, 0.25) is 5.91 Å². The smallest absolute Gasteiger partial charge is 0.226 e. The molecule has 4 aliphatic carbocycles. The molecule has 4 bridgehead atoms. The number of nitrogens with zero attached hydrogens (tertiary/aromatic N) is 2. The Morgan fingerprint density at radius 3 is 2.81 bits per heavy atom. The van der Waals surface area contributed by atoms with Crippen molar-refractivity contribution >= 4 is 11.6 Å². The molecule has 6 heteroatoms. The first-order chi connectivity index (χ1) is 13.0. The van der Waals surface area contributed by atoms with E-state index in [4.69, 9.17) is 0 Å². The number of anilines is 1. The van der Waals surface area contributed by atoms with Crippen LogP contribution in [0, 0.1) is 29.0 Å². The van der Waals surface area contributed by atoms with Crippen molar-refractivity contribution in [2.75, 3.05) is 18.0 Å². The molecule has 1 saturated heterocycles. The molecule has 6 rings (SSSR count). The number of nitrogens with one attached hydrogen (secondary N) is 1. The molecule has 2 N–H and O–H groups in total. The van der Waals surface area contributed by atoms with Gasteiger partial charge in [-0.15, -0.1) is 0 Å². The Labute approximate surface area is 159 Å². The second-order valence-electron chi connectivity index (χ2n) is 9.33. The predicted octanol–water partition coefficient (Wildman–Crippen LogP) is 2.49. The van der Waals surface area contributed by atoms with Crippen LogP contribution in [0.1, 0.15) is 44.9 Å². The summed E-state index contributed by atoms with van der Waals surface area (Å²) in [6.45, 7) is 1.44. The molecule has 27 heavy (non-hydrogen) atoms. The second kappa shape index (κ2) is 6.43. The molecule has 1 aromatic heterocycles. The Morgan fingerprint density at radius 2 is 2.07 bits per heavy atom. The maximum Gasteiger partial charge on any atom is 0.226 e. The Morgan fingerprint density at radius 1 is 1.30 bits per heavy atom. The number of amides is 1. The zero-order chi connectivity index (χ0) is 18.6. The first-order valence-electron chi connectivity index (χ1n) is 10.4. The van der Waals surface area contributed by atoms with Crippen molar-refractivity contribution < 1.29 is 14.3 Å². The molecular weight excluding hydrogens is 345 g/mol. The molecule has 1 amide bonds. The van der Waals surface area contributed by atoms with Crippen molar-refractivity contribution in [1.29, 1.82) is 0 Å². The van der Waals surface area contributed by atoms with Crippen LogP contribution in [0.25, 0.3) is 0 Å². The summed E-state index contributed by atoms with van der Waals surface area (Å²) in [5, 5.41) is 13.8. The van der Waals surface area contributed by atoms with E-state index in [1.54, 1.807) is 12.3 Å².